The summed E-state index contributed by atoms with van der Waals surface area (Å²) < 4.78 is 10.3. The summed E-state index contributed by atoms with van der Waals surface area (Å²) in [5.74, 6) is -0.758. The lowest BCUT2D eigenvalue weighted by molar-refractivity contribution is -0.153. The Morgan fingerprint density at radius 1 is 1.23 bits per heavy atom. The highest BCUT2D eigenvalue weighted by molar-refractivity contribution is 6.07. The van der Waals surface area contributed by atoms with Crippen molar-refractivity contribution in [2.45, 2.75) is 57.1 Å². The van der Waals surface area contributed by atoms with Gasteiger partial charge in [0.05, 0.1) is 12.8 Å². The molecule has 1 aromatic rings. The van der Waals surface area contributed by atoms with E-state index < -0.39 is 29.6 Å². The summed E-state index contributed by atoms with van der Waals surface area (Å²) in [5, 5.41) is 5.46. The van der Waals surface area contributed by atoms with Crippen LogP contribution in [0.1, 0.15) is 45.4 Å². The smallest absolute Gasteiger partial charge is 0.325 e. The monoisotopic (exact) mass is 417 g/mol. The van der Waals surface area contributed by atoms with Gasteiger partial charge in [-0.25, -0.2) is 4.79 Å². The van der Waals surface area contributed by atoms with Gasteiger partial charge >= 0.3 is 12.0 Å². The zero-order valence-electron chi connectivity index (χ0n) is 17.2. The van der Waals surface area contributed by atoms with E-state index in [1.807, 2.05) is 0 Å². The molecule has 1 saturated carbocycles. The second-order valence-corrected chi connectivity index (χ2v) is 7.60. The number of anilines is 1. The lowest BCUT2D eigenvalue weighted by Crippen LogP contribution is -2.44. The number of amides is 4. The molecular formula is C21H27N3O6. The number of nitrogens with one attached hydrogen (secondary N) is 2. The number of nitrogens with zero attached hydrogens (tertiary/aromatic N) is 1. The lowest BCUT2D eigenvalue weighted by Gasteiger charge is -2.20. The number of hydrogen-bond acceptors (Lipinski definition) is 6. The molecule has 1 unspecified atom stereocenters. The van der Waals surface area contributed by atoms with Crippen LogP contribution in [-0.4, -0.2) is 54.0 Å². The average molecular weight is 417 g/mol. The molecule has 9 heteroatoms. The van der Waals surface area contributed by atoms with Crippen molar-refractivity contribution in [1.82, 2.24) is 10.2 Å². The number of ether oxygens (including phenoxy) is 2. The normalized spacial score (nSPS) is 18.3. The van der Waals surface area contributed by atoms with Crippen LogP contribution < -0.4 is 15.4 Å². The average Bonchev–Trinajstić information content (AvgIpc) is 3.28. The summed E-state index contributed by atoms with van der Waals surface area (Å²) in [6.07, 6.45) is 2.43. The molecule has 30 heavy (non-hydrogen) atoms. The Labute approximate surface area is 175 Å². The molecular weight excluding hydrogens is 390 g/mol. The molecule has 2 aliphatic rings. The van der Waals surface area contributed by atoms with Crippen molar-refractivity contribution in [2.24, 2.45) is 0 Å². The minimum absolute atomic E-state index is 0.00363. The molecule has 1 aliphatic carbocycles. The molecule has 162 valence electrons. The zero-order chi connectivity index (χ0) is 21.7. The van der Waals surface area contributed by atoms with Crippen LogP contribution in [0, 0.1) is 0 Å². The Morgan fingerprint density at radius 3 is 2.63 bits per heavy atom. The molecule has 1 atom stereocenters. The number of hydrogen-bond donors (Lipinski definition) is 2. The summed E-state index contributed by atoms with van der Waals surface area (Å²) in [5.41, 5.74) is -0.268. The highest BCUT2D eigenvalue weighted by Crippen LogP contribution is 2.35. The van der Waals surface area contributed by atoms with Crippen LogP contribution in [0.2, 0.25) is 0 Å². The Kier molecular flexibility index (Phi) is 6.59. The van der Waals surface area contributed by atoms with E-state index in [9.17, 15) is 19.2 Å². The molecule has 1 aliphatic heterocycles. The summed E-state index contributed by atoms with van der Waals surface area (Å²) >= 11 is 0. The first-order valence-electron chi connectivity index (χ1n) is 10.1. The Morgan fingerprint density at radius 2 is 1.93 bits per heavy atom. The molecule has 1 aromatic carbocycles. The van der Waals surface area contributed by atoms with Crippen LogP contribution in [0.4, 0.5) is 10.5 Å². The Bertz CT molecular complexity index is 834. The summed E-state index contributed by atoms with van der Waals surface area (Å²) in [7, 11) is 1.49. The fourth-order valence-electron chi connectivity index (χ4n) is 3.87. The van der Waals surface area contributed by atoms with Crippen LogP contribution in [-0.2, 0) is 19.1 Å². The molecule has 9 nitrogen and oxygen atoms in total. The third-order valence-electron chi connectivity index (χ3n) is 5.51. The van der Waals surface area contributed by atoms with E-state index in [1.54, 1.807) is 24.3 Å². The van der Waals surface area contributed by atoms with Crippen molar-refractivity contribution in [3.63, 3.8) is 0 Å². The van der Waals surface area contributed by atoms with Crippen molar-refractivity contribution in [2.75, 3.05) is 19.0 Å². The van der Waals surface area contributed by atoms with Crippen molar-refractivity contribution in [3.8, 4) is 5.75 Å². The number of rotatable bonds is 8. The molecule has 1 heterocycles. The van der Waals surface area contributed by atoms with Gasteiger partial charge in [-0.05, 0) is 38.3 Å². The third-order valence-corrected chi connectivity index (χ3v) is 5.51. The van der Waals surface area contributed by atoms with Gasteiger partial charge in [-0.2, -0.15) is 0 Å². The summed E-state index contributed by atoms with van der Waals surface area (Å²) in [4.78, 5) is 50.2. The third kappa shape index (κ3) is 4.55. The van der Waals surface area contributed by atoms with Gasteiger partial charge < -0.3 is 20.1 Å². The van der Waals surface area contributed by atoms with E-state index in [1.165, 1.54) is 18.9 Å². The molecule has 0 aromatic heterocycles. The number of methoxy groups -OCH3 is 1. The second kappa shape index (κ2) is 9.15. The number of benzene rings is 1. The van der Waals surface area contributed by atoms with E-state index in [2.05, 4.69) is 10.6 Å². The summed E-state index contributed by atoms with van der Waals surface area (Å²) in [6, 6.07) is 6.51. The minimum Gasteiger partial charge on any atom is -0.495 e. The maximum atomic E-state index is 12.6. The Hall–Kier alpha value is -3.10. The first-order valence-corrected chi connectivity index (χ1v) is 10.1. The van der Waals surface area contributed by atoms with Crippen molar-refractivity contribution < 1.29 is 28.7 Å². The zero-order valence-corrected chi connectivity index (χ0v) is 17.2. The van der Waals surface area contributed by atoms with Gasteiger partial charge in [0.1, 0.15) is 11.3 Å². The second-order valence-electron chi connectivity index (χ2n) is 7.60. The predicted molar refractivity (Wildman–Crippen MR) is 108 cm³/mol. The van der Waals surface area contributed by atoms with Crippen LogP contribution >= 0.6 is 0 Å². The van der Waals surface area contributed by atoms with Gasteiger partial charge in [0.2, 0.25) is 0 Å². The molecule has 0 radical (unpaired) electrons. The molecule has 4 amide bonds. The molecule has 1 spiro atoms. The lowest BCUT2D eigenvalue weighted by atomic mass is 9.98. The fourth-order valence-corrected chi connectivity index (χ4v) is 3.87. The molecule has 2 N–H and O–H groups in total. The number of carbonyl (C=O) groups is 4. The van der Waals surface area contributed by atoms with Crippen LogP contribution in [0.5, 0.6) is 5.75 Å². The van der Waals surface area contributed by atoms with Crippen LogP contribution in [0.25, 0.3) is 0 Å². The SMILES string of the molecule is COc1ccccc1NC(=O)C(C)OC(=O)CCCN1C(=O)NC2(CCCC2)C1=O. The number of urea groups is 1. The highest BCUT2D eigenvalue weighted by Gasteiger charge is 2.52. The van der Waals surface area contributed by atoms with Gasteiger partial charge in [0, 0.05) is 13.0 Å². The number of para-hydroxylation sites is 2. The number of imide groups is 1. The van der Waals surface area contributed by atoms with Crippen LogP contribution in [0.15, 0.2) is 24.3 Å². The first kappa shape index (κ1) is 21.6. The minimum atomic E-state index is -0.999. The number of esters is 1. The van der Waals surface area contributed by atoms with Crippen molar-refractivity contribution in [3.05, 3.63) is 24.3 Å². The topological polar surface area (TPSA) is 114 Å². The largest absolute Gasteiger partial charge is 0.495 e. The van der Waals surface area contributed by atoms with E-state index in [4.69, 9.17) is 9.47 Å². The summed E-state index contributed by atoms with van der Waals surface area (Å²) in [6.45, 7) is 1.62. The predicted octanol–water partition coefficient (Wildman–Crippen LogP) is 2.21. The van der Waals surface area contributed by atoms with Gasteiger partial charge in [0.15, 0.2) is 6.10 Å². The first-order chi connectivity index (χ1) is 14.4. The van der Waals surface area contributed by atoms with Crippen molar-refractivity contribution >= 4 is 29.5 Å². The Balaban J connectivity index is 1.43. The molecule has 2 fully saturated rings. The van der Waals surface area contributed by atoms with Gasteiger partial charge in [-0.1, -0.05) is 25.0 Å². The maximum Gasteiger partial charge on any atom is 0.325 e. The molecule has 0 bridgehead atoms. The van der Waals surface area contributed by atoms with Gasteiger partial charge in [0.25, 0.3) is 11.8 Å². The fraction of sp³-hybridized carbons (Fsp3) is 0.524. The van der Waals surface area contributed by atoms with E-state index in [0.717, 1.165) is 12.8 Å². The standard InChI is InChI=1S/C21H27N3O6/c1-14(18(26)22-15-8-3-4-9-16(15)29-2)30-17(25)10-7-13-24-19(27)21(23-20(24)28)11-5-6-12-21/h3-4,8-9,14H,5-7,10-13H2,1-2H3,(H,22,26)(H,23,28). The van der Waals surface area contributed by atoms with Gasteiger partial charge in [-0.3, -0.25) is 19.3 Å². The van der Waals surface area contributed by atoms with E-state index >= 15 is 0 Å². The molecule has 3 rings (SSSR count). The van der Waals surface area contributed by atoms with E-state index in [-0.39, 0.29) is 25.3 Å². The maximum absolute atomic E-state index is 12.6. The van der Waals surface area contributed by atoms with Crippen LogP contribution in [0.3, 0.4) is 0 Å². The number of carbonyl (C=O) groups excluding carboxylic acids is 4. The molecule has 1 saturated heterocycles. The van der Waals surface area contributed by atoms with Crippen molar-refractivity contribution in [1.29, 1.82) is 0 Å². The van der Waals surface area contributed by atoms with E-state index in [0.29, 0.717) is 24.3 Å². The quantitative estimate of drug-likeness (QED) is 0.495. The highest BCUT2D eigenvalue weighted by atomic mass is 16.5. The van der Waals surface area contributed by atoms with Gasteiger partial charge in [-0.15, -0.1) is 0 Å².